The molecule has 35 heavy (non-hydrogen) atoms. The quantitative estimate of drug-likeness (QED) is 0.294. The Labute approximate surface area is 208 Å². The van der Waals surface area contributed by atoms with Crippen molar-refractivity contribution >= 4 is 32.7 Å². The lowest BCUT2D eigenvalue weighted by molar-refractivity contribution is 0.167. The van der Waals surface area contributed by atoms with E-state index in [-0.39, 0.29) is 16.8 Å². The van der Waals surface area contributed by atoms with Gasteiger partial charge in [0.15, 0.2) is 0 Å². The Morgan fingerprint density at radius 3 is 2.51 bits per heavy atom. The molecule has 1 aliphatic heterocycles. The van der Waals surface area contributed by atoms with E-state index in [1.54, 1.807) is 24.3 Å². The van der Waals surface area contributed by atoms with Crippen LogP contribution in [0.4, 0.5) is 11.4 Å². The monoisotopic (exact) mass is 518 g/mol. The Hall–Kier alpha value is -2.86. The fraction of sp³-hybridized carbons (Fsp3) is 0.375. The first kappa shape index (κ1) is 25.2. The lowest BCUT2D eigenvalue weighted by atomic mass is 10.0. The van der Waals surface area contributed by atoms with Crippen molar-refractivity contribution in [3.8, 4) is 5.88 Å². The van der Waals surface area contributed by atoms with Crippen molar-refractivity contribution < 1.29 is 18.6 Å². The molecule has 0 amide bonds. The fourth-order valence-corrected chi connectivity index (χ4v) is 5.56. The van der Waals surface area contributed by atoms with Crippen LogP contribution in [0.2, 0.25) is 0 Å². The summed E-state index contributed by atoms with van der Waals surface area (Å²) in [6.07, 6.45) is 2.75. The van der Waals surface area contributed by atoms with Gasteiger partial charge in [-0.05, 0) is 48.2 Å². The van der Waals surface area contributed by atoms with Gasteiger partial charge < -0.3 is 20.4 Å². The van der Waals surface area contributed by atoms with E-state index in [4.69, 9.17) is 0 Å². The molecule has 0 spiro atoms. The second kappa shape index (κ2) is 10.8. The Bertz CT molecular complexity index is 1300. The van der Waals surface area contributed by atoms with Crippen molar-refractivity contribution in [3.63, 3.8) is 0 Å². The fourth-order valence-electron chi connectivity index (χ4n) is 4.24. The number of aromatic hydroxyl groups is 1. The third-order valence-corrected chi connectivity index (χ3v) is 7.51. The number of aliphatic hydroxyl groups excluding tert-OH is 1. The molecule has 9 nitrogen and oxygen atoms in total. The summed E-state index contributed by atoms with van der Waals surface area (Å²) in [6, 6.07) is 15.3. The molecule has 0 radical (unpaired) electrons. The highest BCUT2D eigenvalue weighted by Crippen LogP contribution is 2.25. The smallest absolute Gasteiger partial charge is 0.307 e. The van der Waals surface area contributed by atoms with Crippen LogP contribution >= 0.6 is 11.3 Å². The van der Waals surface area contributed by atoms with Gasteiger partial charge in [0.2, 0.25) is 15.9 Å². The van der Waals surface area contributed by atoms with E-state index in [9.17, 15) is 23.4 Å². The number of aliphatic hydroxyl groups is 1. The number of hydrogen-bond donors (Lipinski definition) is 5. The SMILES string of the molecule is CS(=O)(=O)Nc1cccc([C@@H](O)CNC2CCN(c3ccc(Cc4sc(=O)[nH]c4O)cc3)CC2)c1. The van der Waals surface area contributed by atoms with Gasteiger partial charge in [0.25, 0.3) is 0 Å². The summed E-state index contributed by atoms with van der Waals surface area (Å²) in [5.41, 5.74) is 3.25. The molecule has 4 rings (SSSR count). The molecule has 0 saturated carbocycles. The molecular weight excluding hydrogens is 488 g/mol. The maximum atomic E-state index is 11.4. The van der Waals surface area contributed by atoms with Crippen LogP contribution in [0.15, 0.2) is 53.3 Å². The molecule has 1 atom stereocenters. The van der Waals surface area contributed by atoms with Gasteiger partial charge in [0.1, 0.15) is 0 Å². The molecule has 0 unspecified atom stereocenters. The highest BCUT2D eigenvalue weighted by molar-refractivity contribution is 7.92. The van der Waals surface area contributed by atoms with Gasteiger partial charge in [0.05, 0.1) is 17.2 Å². The van der Waals surface area contributed by atoms with Gasteiger partial charge in [-0.15, -0.1) is 0 Å². The summed E-state index contributed by atoms with van der Waals surface area (Å²) in [5, 5.41) is 23.8. The number of sulfonamides is 1. The van der Waals surface area contributed by atoms with Gasteiger partial charge >= 0.3 is 4.87 Å². The third-order valence-electron chi connectivity index (χ3n) is 6.04. The molecule has 0 bridgehead atoms. The van der Waals surface area contributed by atoms with Crippen LogP contribution in [0.3, 0.4) is 0 Å². The minimum atomic E-state index is -3.37. The highest BCUT2D eigenvalue weighted by atomic mass is 32.2. The highest BCUT2D eigenvalue weighted by Gasteiger charge is 2.20. The predicted molar refractivity (Wildman–Crippen MR) is 139 cm³/mol. The van der Waals surface area contributed by atoms with Gasteiger partial charge in [0, 0.05) is 43.5 Å². The molecule has 1 aromatic heterocycles. The number of nitrogens with one attached hydrogen (secondary N) is 3. The van der Waals surface area contributed by atoms with Crippen molar-refractivity contribution in [3.05, 3.63) is 74.2 Å². The van der Waals surface area contributed by atoms with Crippen LogP contribution in [-0.4, -0.2) is 55.5 Å². The number of nitrogens with zero attached hydrogens (tertiary/aromatic N) is 1. The average Bonchev–Trinajstić information content (AvgIpc) is 3.13. The molecule has 1 aliphatic rings. The Morgan fingerprint density at radius 2 is 1.89 bits per heavy atom. The number of piperidine rings is 1. The van der Waals surface area contributed by atoms with E-state index in [2.05, 4.69) is 32.1 Å². The molecule has 2 aromatic carbocycles. The Morgan fingerprint density at radius 1 is 1.17 bits per heavy atom. The summed E-state index contributed by atoms with van der Waals surface area (Å²) in [6.45, 7) is 2.17. The number of hydrogen-bond acceptors (Lipinski definition) is 8. The predicted octanol–water partition coefficient (Wildman–Crippen LogP) is 2.40. The van der Waals surface area contributed by atoms with Crippen LogP contribution in [0.25, 0.3) is 0 Å². The number of rotatable bonds is 9. The van der Waals surface area contributed by atoms with E-state index in [1.807, 2.05) is 12.1 Å². The van der Waals surface area contributed by atoms with Crippen molar-refractivity contribution in [2.45, 2.75) is 31.4 Å². The Balaban J connectivity index is 1.25. The normalized spacial score (nSPS) is 15.8. The van der Waals surface area contributed by atoms with Crippen LogP contribution in [0, 0.1) is 0 Å². The van der Waals surface area contributed by atoms with Crippen molar-refractivity contribution in [1.82, 2.24) is 10.3 Å². The maximum Gasteiger partial charge on any atom is 0.307 e. The van der Waals surface area contributed by atoms with E-state index >= 15 is 0 Å². The Kier molecular flexibility index (Phi) is 7.80. The van der Waals surface area contributed by atoms with E-state index in [0.717, 1.165) is 54.8 Å². The van der Waals surface area contributed by atoms with Crippen LogP contribution in [0.1, 0.15) is 34.9 Å². The lowest BCUT2D eigenvalue weighted by Gasteiger charge is -2.34. The van der Waals surface area contributed by atoms with E-state index < -0.39 is 16.1 Å². The molecule has 2 heterocycles. The zero-order valence-corrected chi connectivity index (χ0v) is 21.0. The molecule has 1 saturated heterocycles. The summed E-state index contributed by atoms with van der Waals surface area (Å²) in [7, 11) is -3.37. The number of H-pyrrole nitrogens is 1. The maximum absolute atomic E-state index is 11.4. The lowest BCUT2D eigenvalue weighted by Crippen LogP contribution is -2.43. The number of anilines is 2. The van der Waals surface area contributed by atoms with Crippen LogP contribution in [-0.2, 0) is 16.4 Å². The van der Waals surface area contributed by atoms with Gasteiger partial charge in [-0.1, -0.05) is 35.6 Å². The van der Waals surface area contributed by atoms with Crippen molar-refractivity contribution in [2.24, 2.45) is 0 Å². The molecule has 188 valence electrons. The number of aromatic amines is 1. The zero-order chi connectivity index (χ0) is 25.0. The minimum Gasteiger partial charge on any atom is -0.494 e. The minimum absolute atomic E-state index is 0.0537. The summed E-state index contributed by atoms with van der Waals surface area (Å²) in [4.78, 5) is 16.5. The van der Waals surface area contributed by atoms with Crippen molar-refractivity contribution in [2.75, 3.05) is 35.5 Å². The van der Waals surface area contributed by atoms with Crippen LogP contribution < -0.4 is 19.8 Å². The van der Waals surface area contributed by atoms with Gasteiger partial charge in [-0.2, -0.15) is 0 Å². The van der Waals surface area contributed by atoms with E-state index in [1.165, 1.54) is 0 Å². The largest absolute Gasteiger partial charge is 0.494 e. The first-order valence-corrected chi connectivity index (χ1v) is 14.1. The molecule has 3 aromatic rings. The number of benzene rings is 2. The van der Waals surface area contributed by atoms with Crippen LogP contribution in [0.5, 0.6) is 5.88 Å². The first-order chi connectivity index (χ1) is 16.7. The molecular formula is C24H30N4O5S2. The average molecular weight is 519 g/mol. The topological polar surface area (TPSA) is 135 Å². The summed E-state index contributed by atoms with van der Waals surface area (Å²) in [5.74, 6) is -0.0537. The summed E-state index contributed by atoms with van der Waals surface area (Å²) < 4.78 is 25.3. The molecule has 1 fully saturated rings. The van der Waals surface area contributed by atoms with Gasteiger partial charge in [-0.3, -0.25) is 14.5 Å². The molecule has 5 N–H and O–H groups in total. The van der Waals surface area contributed by atoms with Crippen molar-refractivity contribution in [1.29, 1.82) is 0 Å². The second-order valence-electron chi connectivity index (χ2n) is 8.81. The summed E-state index contributed by atoms with van der Waals surface area (Å²) >= 11 is 1.03. The number of aromatic nitrogens is 1. The first-order valence-electron chi connectivity index (χ1n) is 11.4. The van der Waals surface area contributed by atoms with Gasteiger partial charge in [-0.25, -0.2) is 8.42 Å². The zero-order valence-electron chi connectivity index (χ0n) is 19.4. The molecule has 0 aliphatic carbocycles. The number of thiazole rings is 1. The standard InChI is InChI=1S/C24H30N4O5S2/c1-35(32,33)27-19-4-2-3-17(14-19)21(29)15-25-18-9-11-28(12-10-18)20-7-5-16(6-8-20)13-22-23(30)26-24(31)34-22/h2-8,14,18,21,25,27,29-30H,9-13,15H2,1H3,(H,26,31)/t21-/m0/s1. The second-order valence-corrected chi connectivity index (χ2v) is 11.6. The third kappa shape index (κ3) is 7.07. The van der Waals surface area contributed by atoms with E-state index in [0.29, 0.717) is 29.1 Å². The molecule has 11 heteroatoms.